The molecule has 0 atom stereocenters. The Kier molecular flexibility index (Phi) is 6.08. The number of halogens is 2. The minimum Gasteiger partial charge on any atom is -0.313 e. The minimum absolute atomic E-state index is 0.201. The second-order valence-corrected chi connectivity index (χ2v) is 5.55. The molecule has 1 heterocycles. The molecule has 1 N–H and O–H groups in total. The van der Waals surface area contributed by atoms with Crippen LogP contribution in [0.2, 0.25) is 5.02 Å². The lowest BCUT2D eigenvalue weighted by Gasteiger charge is -2.26. The summed E-state index contributed by atoms with van der Waals surface area (Å²) in [6, 6.07) is 5.14. The van der Waals surface area contributed by atoms with E-state index in [2.05, 4.69) is 10.2 Å². The molecule has 0 aromatic heterocycles. The van der Waals surface area contributed by atoms with E-state index in [-0.39, 0.29) is 10.8 Å². The standard InChI is InChI=1S/C15H22ClFN2/c16-14-7-4-6-13(15(14)17)12-18-8-5-11-19-9-2-1-3-10-19/h4,6-7,18H,1-3,5,8-12H2. The largest absolute Gasteiger partial charge is 0.313 e. The van der Waals surface area contributed by atoms with Crippen LogP contribution in [0.1, 0.15) is 31.2 Å². The Hall–Kier alpha value is -0.640. The molecule has 0 spiro atoms. The lowest BCUT2D eigenvalue weighted by atomic mass is 10.1. The molecule has 1 saturated heterocycles. The highest BCUT2D eigenvalue weighted by Gasteiger charge is 2.09. The van der Waals surface area contributed by atoms with E-state index in [1.165, 1.54) is 32.4 Å². The van der Waals surface area contributed by atoms with Crippen LogP contribution >= 0.6 is 11.6 Å². The van der Waals surface area contributed by atoms with Crippen molar-refractivity contribution < 1.29 is 4.39 Å². The van der Waals surface area contributed by atoms with Gasteiger partial charge in [-0.1, -0.05) is 30.2 Å². The second kappa shape index (κ2) is 7.83. The van der Waals surface area contributed by atoms with Crippen LogP contribution in [0.15, 0.2) is 18.2 Å². The smallest absolute Gasteiger partial charge is 0.146 e. The van der Waals surface area contributed by atoms with Crippen LogP contribution in [0.3, 0.4) is 0 Å². The van der Waals surface area contributed by atoms with Gasteiger partial charge in [0.2, 0.25) is 0 Å². The third-order valence-corrected chi connectivity index (χ3v) is 3.92. The van der Waals surface area contributed by atoms with Crippen LogP contribution in [0.5, 0.6) is 0 Å². The molecule has 2 rings (SSSR count). The zero-order valence-corrected chi connectivity index (χ0v) is 12.1. The Morgan fingerprint density at radius 3 is 2.79 bits per heavy atom. The number of benzene rings is 1. The molecule has 1 aromatic rings. The maximum absolute atomic E-state index is 13.6. The molecule has 2 nitrogen and oxygen atoms in total. The van der Waals surface area contributed by atoms with Gasteiger partial charge in [0, 0.05) is 12.1 Å². The molecule has 0 aliphatic carbocycles. The zero-order valence-electron chi connectivity index (χ0n) is 11.3. The summed E-state index contributed by atoms with van der Waals surface area (Å²) in [5, 5.41) is 3.49. The van der Waals surface area contributed by atoms with Gasteiger partial charge in [0.05, 0.1) is 5.02 Å². The van der Waals surface area contributed by atoms with Gasteiger partial charge >= 0.3 is 0 Å². The molecule has 0 saturated carbocycles. The van der Waals surface area contributed by atoms with Gasteiger partial charge in [0.1, 0.15) is 5.82 Å². The van der Waals surface area contributed by atoms with E-state index in [9.17, 15) is 4.39 Å². The summed E-state index contributed by atoms with van der Waals surface area (Å²) in [7, 11) is 0. The monoisotopic (exact) mass is 284 g/mol. The van der Waals surface area contributed by atoms with Crippen molar-refractivity contribution >= 4 is 11.6 Å². The maximum Gasteiger partial charge on any atom is 0.146 e. The fraction of sp³-hybridized carbons (Fsp3) is 0.600. The van der Waals surface area contributed by atoms with Crippen LogP contribution in [0.25, 0.3) is 0 Å². The van der Waals surface area contributed by atoms with E-state index in [0.717, 1.165) is 19.5 Å². The molecular formula is C15H22ClFN2. The van der Waals surface area contributed by atoms with Crippen LogP contribution in [0, 0.1) is 5.82 Å². The summed E-state index contributed by atoms with van der Waals surface area (Å²) < 4.78 is 13.6. The average Bonchev–Trinajstić information content (AvgIpc) is 2.44. The molecule has 4 heteroatoms. The van der Waals surface area contributed by atoms with Gasteiger partial charge < -0.3 is 10.2 Å². The van der Waals surface area contributed by atoms with E-state index in [1.807, 2.05) is 0 Å². The van der Waals surface area contributed by atoms with E-state index >= 15 is 0 Å². The predicted octanol–water partition coefficient (Wildman–Crippen LogP) is 3.44. The van der Waals surface area contributed by atoms with Crippen molar-refractivity contribution in [3.63, 3.8) is 0 Å². The first-order chi connectivity index (χ1) is 9.27. The number of likely N-dealkylation sites (tertiary alicyclic amines) is 1. The number of piperidine rings is 1. The Bertz CT molecular complexity index is 392. The summed E-state index contributed by atoms with van der Waals surface area (Å²) in [5.74, 6) is -0.298. The lowest BCUT2D eigenvalue weighted by Crippen LogP contribution is -2.32. The average molecular weight is 285 g/mol. The van der Waals surface area contributed by atoms with Gasteiger partial charge in [-0.25, -0.2) is 4.39 Å². The van der Waals surface area contributed by atoms with Crippen LogP contribution in [-0.2, 0) is 6.54 Å². The normalized spacial score (nSPS) is 16.7. The first kappa shape index (κ1) is 14.8. The minimum atomic E-state index is -0.298. The molecule has 106 valence electrons. The summed E-state index contributed by atoms with van der Waals surface area (Å²) in [6.07, 6.45) is 5.16. The summed E-state index contributed by atoms with van der Waals surface area (Å²) in [6.45, 7) is 5.09. The third-order valence-electron chi connectivity index (χ3n) is 3.62. The molecule has 0 amide bonds. The molecule has 1 aliphatic heterocycles. The molecule has 0 radical (unpaired) electrons. The number of nitrogens with zero attached hydrogens (tertiary/aromatic N) is 1. The highest BCUT2D eigenvalue weighted by Crippen LogP contribution is 2.17. The van der Waals surface area contributed by atoms with E-state index in [4.69, 9.17) is 11.6 Å². The van der Waals surface area contributed by atoms with E-state index in [1.54, 1.807) is 18.2 Å². The first-order valence-electron chi connectivity index (χ1n) is 7.13. The molecule has 19 heavy (non-hydrogen) atoms. The quantitative estimate of drug-likeness (QED) is 0.805. The topological polar surface area (TPSA) is 15.3 Å². The maximum atomic E-state index is 13.6. The first-order valence-corrected chi connectivity index (χ1v) is 7.51. The Labute approximate surface area is 119 Å². The fourth-order valence-electron chi connectivity index (χ4n) is 2.52. The third kappa shape index (κ3) is 4.75. The zero-order chi connectivity index (χ0) is 13.5. The summed E-state index contributed by atoms with van der Waals surface area (Å²) in [4.78, 5) is 2.52. The molecule has 0 bridgehead atoms. The van der Waals surface area contributed by atoms with Crippen LogP contribution in [0.4, 0.5) is 4.39 Å². The molecule has 1 aliphatic rings. The van der Waals surface area contributed by atoms with Crippen LogP contribution < -0.4 is 5.32 Å². The van der Waals surface area contributed by atoms with Crippen molar-refractivity contribution in [2.45, 2.75) is 32.2 Å². The summed E-state index contributed by atoms with van der Waals surface area (Å²) in [5.41, 5.74) is 0.644. The Morgan fingerprint density at radius 1 is 1.21 bits per heavy atom. The van der Waals surface area contributed by atoms with Gasteiger partial charge in [0.25, 0.3) is 0 Å². The molecule has 1 aromatic carbocycles. The van der Waals surface area contributed by atoms with Crippen molar-refractivity contribution in [2.75, 3.05) is 26.2 Å². The molecule has 0 unspecified atom stereocenters. The number of rotatable bonds is 6. The van der Waals surface area contributed by atoms with Gasteiger partial charge in [-0.15, -0.1) is 0 Å². The van der Waals surface area contributed by atoms with Crippen molar-refractivity contribution in [1.82, 2.24) is 10.2 Å². The molecule has 1 fully saturated rings. The number of hydrogen-bond acceptors (Lipinski definition) is 2. The van der Waals surface area contributed by atoms with E-state index < -0.39 is 0 Å². The number of hydrogen-bond donors (Lipinski definition) is 1. The van der Waals surface area contributed by atoms with Gasteiger partial charge in [-0.2, -0.15) is 0 Å². The SMILES string of the molecule is Fc1c(Cl)cccc1CNCCCN1CCCCC1. The summed E-state index contributed by atoms with van der Waals surface area (Å²) >= 11 is 5.75. The lowest BCUT2D eigenvalue weighted by molar-refractivity contribution is 0.225. The van der Waals surface area contributed by atoms with Gasteiger partial charge in [-0.05, 0) is 51.5 Å². The Morgan fingerprint density at radius 2 is 2.00 bits per heavy atom. The van der Waals surface area contributed by atoms with Crippen molar-refractivity contribution in [3.05, 3.63) is 34.6 Å². The predicted molar refractivity (Wildman–Crippen MR) is 78.0 cm³/mol. The Balaban J connectivity index is 1.62. The number of nitrogens with one attached hydrogen (secondary N) is 1. The van der Waals surface area contributed by atoms with Crippen molar-refractivity contribution in [1.29, 1.82) is 0 Å². The highest BCUT2D eigenvalue weighted by molar-refractivity contribution is 6.30. The highest BCUT2D eigenvalue weighted by atomic mass is 35.5. The fourth-order valence-corrected chi connectivity index (χ4v) is 2.71. The van der Waals surface area contributed by atoms with Gasteiger partial charge in [0.15, 0.2) is 0 Å². The van der Waals surface area contributed by atoms with E-state index in [0.29, 0.717) is 12.1 Å². The molecular weight excluding hydrogens is 263 g/mol. The van der Waals surface area contributed by atoms with Crippen molar-refractivity contribution in [3.8, 4) is 0 Å². The van der Waals surface area contributed by atoms with Crippen molar-refractivity contribution in [2.24, 2.45) is 0 Å². The van der Waals surface area contributed by atoms with Gasteiger partial charge in [-0.3, -0.25) is 0 Å². The van der Waals surface area contributed by atoms with Crippen LogP contribution in [-0.4, -0.2) is 31.1 Å². The second-order valence-electron chi connectivity index (χ2n) is 5.15.